The molecule has 1 atom stereocenters. The lowest BCUT2D eigenvalue weighted by Crippen LogP contribution is -1.98. The summed E-state index contributed by atoms with van der Waals surface area (Å²) in [4.78, 5) is 0. The first kappa shape index (κ1) is 8.76. The van der Waals surface area contributed by atoms with Gasteiger partial charge in [-0.05, 0) is 30.7 Å². The maximum absolute atomic E-state index is 5.45. The van der Waals surface area contributed by atoms with Gasteiger partial charge in [0.25, 0.3) is 0 Å². The average molecular weight is 176 g/mol. The second-order valence-electron chi connectivity index (χ2n) is 3.65. The largest absolute Gasteiger partial charge is 0.381 e. The van der Waals surface area contributed by atoms with Crippen LogP contribution in [0.4, 0.5) is 0 Å². The minimum atomic E-state index is 0.726. The molecule has 1 aromatic carbocycles. The van der Waals surface area contributed by atoms with Gasteiger partial charge in [0, 0.05) is 13.2 Å². The standard InChI is InChI=1S/C12H16O/c1-2-5-11(6-3-1)12-7-4-9-13-10-8-12/h1-3,5-6,12H,4,7-10H2. The fraction of sp³-hybridized carbons (Fsp3) is 0.500. The fourth-order valence-electron chi connectivity index (χ4n) is 1.96. The molecule has 0 bridgehead atoms. The van der Waals surface area contributed by atoms with E-state index in [0.717, 1.165) is 19.1 Å². The topological polar surface area (TPSA) is 9.23 Å². The first-order valence-corrected chi connectivity index (χ1v) is 5.09. The quantitative estimate of drug-likeness (QED) is 0.639. The molecule has 0 N–H and O–H groups in total. The molecule has 1 fully saturated rings. The van der Waals surface area contributed by atoms with Crippen LogP contribution in [0.2, 0.25) is 0 Å². The van der Waals surface area contributed by atoms with Gasteiger partial charge in [-0.15, -0.1) is 0 Å². The maximum Gasteiger partial charge on any atom is 0.0471 e. The lowest BCUT2D eigenvalue weighted by molar-refractivity contribution is 0.143. The van der Waals surface area contributed by atoms with Gasteiger partial charge in [0.1, 0.15) is 0 Å². The zero-order chi connectivity index (χ0) is 8.93. The molecule has 1 unspecified atom stereocenters. The van der Waals surface area contributed by atoms with Gasteiger partial charge in [0.2, 0.25) is 0 Å². The molecule has 13 heavy (non-hydrogen) atoms. The van der Waals surface area contributed by atoms with E-state index in [1.54, 1.807) is 0 Å². The Morgan fingerprint density at radius 1 is 1.00 bits per heavy atom. The Balaban J connectivity index is 2.06. The van der Waals surface area contributed by atoms with E-state index >= 15 is 0 Å². The van der Waals surface area contributed by atoms with Crippen molar-refractivity contribution in [3.8, 4) is 0 Å². The molecule has 2 rings (SSSR count). The van der Waals surface area contributed by atoms with Gasteiger partial charge in [-0.3, -0.25) is 0 Å². The van der Waals surface area contributed by atoms with Crippen molar-refractivity contribution in [3.63, 3.8) is 0 Å². The van der Waals surface area contributed by atoms with Crippen LogP contribution in [0, 0.1) is 0 Å². The fourth-order valence-corrected chi connectivity index (χ4v) is 1.96. The van der Waals surface area contributed by atoms with Crippen LogP contribution in [0.15, 0.2) is 30.3 Å². The van der Waals surface area contributed by atoms with Crippen LogP contribution in [0.1, 0.15) is 30.7 Å². The molecule has 0 radical (unpaired) electrons. The number of ether oxygens (including phenoxy) is 1. The van der Waals surface area contributed by atoms with Crippen LogP contribution in [-0.2, 0) is 4.74 Å². The van der Waals surface area contributed by atoms with Crippen molar-refractivity contribution < 1.29 is 4.74 Å². The van der Waals surface area contributed by atoms with Gasteiger partial charge in [-0.2, -0.15) is 0 Å². The van der Waals surface area contributed by atoms with E-state index in [0.29, 0.717) is 0 Å². The number of hydrogen-bond donors (Lipinski definition) is 0. The second-order valence-corrected chi connectivity index (χ2v) is 3.65. The Morgan fingerprint density at radius 2 is 1.85 bits per heavy atom. The third-order valence-corrected chi connectivity index (χ3v) is 2.72. The molecule has 1 aromatic rings. The van der Waals surface area contributed by atoms with Gasteiger partial charge in [-0.1, -0.05) is 30.3 Å². The summed E-state index contributed by atoms with van der Waals surface area (Å²) in [6.07, 6.45) is 3.67. The minimum absolute atomic E-state index is 0.726. The van der Waals surface area contributed by atoms with Crippen LogP contribution < -0.4 is 0 Å². The summed E-state index contributed by atoms with van der Waals surface area (Å²) in [7, 11) is 0. The summed E-state index contributed by atoms with van der Waals surface area (Å²) in [6, 6.07) is 10.8. The molecule has 0 spiro atoms. The highest BCUT2D eigenvalue weighted by atomic mass is 16.5. The van der Waals surface area contributed by atoms with Crippen LogP contribution in [0.3, 0.4) is 0 Å². The predicted octanol–water partition coefficient (Wildman–Crippen LogP) is 2.97. The minimum Gasteiger partial charge on any atom is -0.381 e. The zero-order valence-electron chi connectivity index (χ0n) is 7.91. The molecule has 0 aromatic heterocycles. The molecule has 1 heterocycles. The van der Waals surface area contributed by atoms with E-state index in [9.17, 15) is 0 Å². The average Bonchev–Trinajstić information content (AvgIpc) is 2.47. The molecule has 1 aliphatic rings. The second kappa shape index (κ2) is 4.43. The number of rotatable bonds is 1. The normalized spacial score (nSPS) is 23.8. The van der Waals surface area contributed by atoms with Gasteiger partial charge in [0.15, 0.2) is 0 Å². The van der Waals surface area contributed by atoms with E-state index in [2.05, 4.69) is 30.3 Å². The molecule has 70 valence electrons. The molecular formula is C12H16O. The summed E-state index contributed by atoms with van der Waals surface area (Å²) in [5.41, 5.74) is 1.48. The van der Waals surface area contributed by atoms with Crippen LogP contribution in [0.25, 0.3) is 0 Å². The van der Waals surface area contributed by atoms with Crippen LogP contribution in [-0.4, -0.2) is 13.2 Å². The molecule has 1 nitrogen and oxygen atoms in total. The molecule has 1 saturated heterocycles. The van der Waals surface area contributed by atoms with Gasteiger partial charge >= 0.3 is 0 Å². The number of benzene rings is 1. The van der Waals surface area contributed by atoms with Crippen molar-refractivity contribution in [2.45, 2.75) is 25.2 Å². The summed E-state index contributed by atoms with van der Waals surface area (Å²) in [5.74, 6) is 0.726. The summed E-state index contributed by atoms with van der Waals surface area (Å²) in [6.45, 7) is 1.88. The smallest absolute Gasteiger partial charge is 0.0471 e. The van der Waals surface area contributed by atoms with Crippen molar-refractivity contribution in [2.24, 2.45) is 0 Å². The molecular weight excluding hydrogens is 160 g/mol. The van der Waals surface area contributed by atoms with Crippen LogP contribution >= 0.6 is 0 Å². The van der Waals surface area contributed by atoms with Crippen molar-refractivity contribution in [2.75, 3.05) is 13.2 Å². The Morgan fingerprint density at radius 3 is 2.69 bits per heavy atom. The first-order valence-electron chi connectivity index (χ1n) is 5.09. The highest BCUT2D eigenvalue weighted by molar-refractivity contribution is 5.19. The Kier molecular flexibility index (Phi) is 2.98. The lowest BCUT2D eigenvalue weighted by Gasteiger charge is -2.12. The first-order chi connectivity index (χ1) is 6.47. The van der Waals surface area contributed by atoms with E-state index in [1.165, 1.54) is 24.8 Å². The Bertz CT molecular complexity index is 235. The van der Waals surface area contributed by atoms with Gasteiger partial charge in [-0.25, -0.2) is 0 Å². The lowest BCUT2D eigenvalue weighted by atomic mass is 9.92. The predicted molar refractivity (Wildman–Crippen MR) is 53.9 cm³/mol. The maximum atomic E-state index is 5.45. The number of hydrogen-bond acceptors (Lipinski definition) is 1. The van der Waals surface area contributed by atoms with E-state index in [-0.39, 0.29) is 0 Å². The van der Waals surface area contributed by atoms with Crippen molar-refractivity contribution in [3.05, 3.63) is 35.9 Å². The molecule has 0 amide bonds. The monoisotopic (exact) mass is 176 g/mol. The highest BCUT2D eigenvalue weighted by Crippen LogP contribution is 2.26. The van der Waals surface area contributed by atoms with E-state index in [4.69, 9.17) is 4.74 Å². The summed E-state index contributed by atoms with van der Waals surface area (Å²) >= 11 is 0. The van der Waals surface area contributed by atoms with Crippen LogP contribution in [0.5, 0.6) is 0 Å². The van der Waals surface area contributed by atoms with E-state index in [1.807, 2.05) is 0 Å². The third-order valence-electron chi connectivity index (χ3n) is 2.72. The molecule has 1 aliphatic heterocycles. The van der Waals surface area contributed by atoms with Crippen molar-refractivity contribution in [1.82, 2.24) is 0 Å². The van der Waals surface area contributed by atoms with Gasteiger partial charge < -0.3 is 4.74 Å². The van der Waals surface area contributed by atoms with Crippen molar-refractivity contribution in [1.29, 1.82) is 0 Å². The molecule has 0 saturated carbocycles. The molecule has 0 aliphatic carbocycles. The third kappa shape index (κ3) is 2.31. The summed E-state index contributed by atoms with van der Waals surface area (Å²) in [5, 5.41) is 0. The zero-order valence-corrected chi connectivity index (χ0v) is 7.91. The van der Waals surface area contributed by atoms with Crippen molar-refractivity contribution >= 4 is 0 Å². The Hall–Kier alpha value is -0.820. The SMILES string of the molecule is c1ccc(C2CCCOCC2)cc1. The summed E-state index contributed by atoms with van der Waals surface area (Å²) < 4.78 is 5.45. The molecule has 1 heteroatoms. The highest BCUT2D eigenvalue weighted by Gasteiger charge is 2.13. The van der Waals surface area contributed by atoms with E-state index < -0.39 is 0 Å². The Labute approximate surface area is 79.7 Å². The van der Waals surface area contributed by atoms with Gasteiger partial charge in [0.05, 0.1) is 0 Å².